The topological polar surface area (TPSA) is 44.8 Å². The zero-order valence-corrected chi connectivity index (χ0v) is 5.75. The van der Waals surface area contributed by atoms with Gasteiger partial charge in [0.2, 0.25) is 0 Å². The van der Waals surface area contributed by atoms with Crippen LogP contribution in [0.2, 0.25) is 0 Å². The molecule has 1 saturated heterocycles. The van der Waals surface area contributed by atoms with Crippen LogP contribution in [0.4, 0.5) is 0 Å². The Labute approximate surface area is 59.1 Å². The molecule has 0 unspecified atom stereocenters. The molecule has 1 radical (unpaired) electrons. The van der Waals surface area contributed by atoms with Crippen molar-refractivity contribution in [3.05, 3.63) is 6.29 Å². The van der Waals surface area contributed by atoms with Crippen LogP contribution in [0, 0.1) is 6.29 Å². The molecule has 0 aliphatic carbocycles. The summed E-state index contributed by atoms with van der Waals surface area (Å²) < 4.78 is 14.2. The first-order valence-electron chi connectivity index (χ1n) is 3.14. The molecule has 1 aliphatic heterocycles. The molecule has 4 heteroatoms. The first kappa shape index (κ1) is 7.50. The van der Waals surface area contributed by atoms with Crippen LogP contribution in [0.3, 0.4) is 0 Å². The van der Waals surface area contributed by atoms with Crippen LogP contribution in [-0.2, 0) is 19.0 Å². The minimum Gasteiger partial charge on any atom is -0.462 e. The molecule has 1 heterocycles. The lowest BCUT2D eigenvalue weighted by Crippen LogP contribution is -2.15. The largest absolute Gasteiger partial charge is 0.462 e. The first-order chi connectivity index (χ1) is 4.84. The van der Waals surface area contributed by atoms with Crippen LogP contribution in [0.25, 0.3) is 0 Å². The van der Waals surface area contributed by atoms with Crippen molar-refractivity contribution in [2.75, 3.05) is 19.8 Å². The fraction of sp³-hybridized carbons (Fsp3) is 0.667. The maximum Gasteiger partial charge on any atom is 0.373 e. The summed E-state index contributed by atoms with van der Waals surface area (Å²) in [5.74, 6) is -0.514. The van der Waals surface area contributed by atoms with E-state index in [9.17, 15) is 4.79 Å². The van der Waals surface area contributed by atoms with Gasteiger partial charge in [0.15, 0.2) is 0 Å². The normalized spacial score (nSPS) is 19.3. The van der Waals surface area contributed by atoms with Gasteiger partial charge in [-0.05, 0) is 6.92 Å². The number of rotatable bonds is 2. The van der Waals surface area contributed by atoms with Gasteiger partial charge in [0.25, 0.3) is 0 Å². The van der Waals surface area contributed by atoms with Crippen molar-refractivity contribution in [3.8, 4) is 0 Å². The molecule has 1 rings (SSSR count). The molecule has 0 aromatic rings. The summed E-state index contributed by atoms with van der Waals surface area (Å²) in [6.45, 7) is 2.95. The quantitative estimate of drug-likeness (QED) is 0.516. The lowest BCUT2D eigenvalue weighted by Gasteiger charge is -2.03. The number of ether oxygens (including phenoxy) is 3. The molecular weight excluding hydrogens is 136 g/mol. The van der Waals surface area contributed by atoms with E-state index < -0.39 is 5.97 Å². The number of carbonyl (C=O) groups excluding carboxylic acids is 1. The lowest BCUT2D eigenvalue weighted by molar-refractivity contribution is -0.154. The van der Waals surface area contributed by atoms with Crippen molar-refractivity contribution in [1.29, 1.82) is 0 Å². The molecule has 0 N–H and O–H groups in total. The maximum absolute atomic E-state index is 10.7. The first-order valence-corrected chi connectivity index (χ1v) is 3.14. The van der Waals surface area contributed by atoms with Crippen LogP contribution < -0.4 is 0 Å². The van der Waals surface area contributed by atoms with Crippen LogP contribution in [0.15, 0.2) is 0 Å². The third kappa shape index (κ3) is 1.68. The van der Waals surface area contributed by atoms with E-state index in [0.717, 1.165) is 0 Å². The highest BCUT2D eigenvalue weighted by Crippen LogP contribution is 2.12. The summed E-state index contributed by atoms with van der Waals surface area (Å²) in [6.07, 6.45) is -0.0122. The lowest BCUT2D eigenvalue weighted by atomic mass is 10.6. The van der Waals surface area contributed by atoms with Crippen molar-refractivity contribution in [2.45, 2.75) is 6.92 Å². The van der Waals surface area contributed by atoms with Gasteiger partial charge in [-0.1, -0.05) is 0 Å². The molecule has 0 bridgehead atoms. The number of hydrogen-bond acceptors (Lipinski definition) is 4. The monoisotopic (exact) mass is 145 g/mol. The highest BCUT2D eigenvalue weighted by molar-refractivity contribution is 5.80. The summed E-state index contributed by atoms with van der Waals surface area (Å²) in [5, 5.41) is 0. The van der Waals surface area contributed by atoms with Crippen molar-refractivity contribution in [3.63, 3.8) is 0 Å². The van der Waals surface area contributed by atoms with Crippen molar-refractivity contribution in [1.82, 2.24) is 0 Å². The molecule has 1 aliphatic rings. The van der Waals surface area contributed by atoms with Gasteiger partial charge < -0.3 is 14.2 Å². The van der Waals surface area contributed by atoms with Gasteiger partial charge in [0.05, 0.1) is 19.8 Å². The average Bonchev–Trinajstić information content (AvgIpc) is 2.38. The van der Waals surface area contributed by atoms with Gasteiger partial charge in [-0.15, -0.1) is 0 Å². The Morgan fingerprint density at radius 3 is 2.70 bits per heavy atom. The smallest absolute Gasteiger partial charge is 0.373 e. The molecule has 57 valence electrons. The molecule has 0 atom stereocenters. The standard InChI is InChI=1S/C6H9O4/c1-2-8-5(7)6-9-3-4-10-6/h2-4H2,1H3. The fourth-order valence-electron chi connectivity index (χ4n) is 0.618. The Morgan fingerprint density at radius 1 is 1.60 bits per heavy atom. The summed E-state index contributed by atoms with van der Waals surface area (Å²) in [4.78, 5) is 10.7. The molecule has 0 spiro atoms. The Hall–Kier alpha value is -0.610. The van der Waals surface area contributed by atoms with Gasteiger partial charge in [0.1, 0.15) is 0 Å². The molecule has 0 saturated carbocycles. The highest BCUT2D eigenvalue weighted by atomic mass is 16.7. The number of esters is 1. The molecule has 4 nitrogen and oxygen atoms in total. The van der Waals surface area contributed by atoms with Crippen molar-refractivity contribution < 1.29 is 19.0 Å². The van der Waals surface area contributed by atoms with Crippen LogP contribution in [0.5, 0.6) is 0 Å². The van der Waals surface area contributed by atoms with Gasteiger partial charge in [-0.3, -0.25) is 0 Å². The van der Waals surface area contributed by atoms with E-state index in [4.69, 9.17) is 9.47 Å². The second kappa shape index (κ2) is 3.53. The maximum atomic E-state index is 10.7. The highest BCUT2D eigenvalue weighted by Gasteiger charge is 2.28. The molecule has 10 heavy (non-hydrogen) atoms. The average molecular weight is 145 g/mol. The zero-order valence-electron chi connectivity index (χ0n) is 5.75. The van der Waals surface area contributed by atoms with Crippen LogP contribution >= 0.6 is 0 Å². The predicted octanol–water partition coefficient (Wildman–Crippen LogP) is 0.0858. The second-order valence-corrected chi connectivity index (χ2v) is 1.70. The minimum atomic E-state index is -0.514. The van der Waals surface area contributed by atoms with E-state index in [2.05, 4.69) is 4.74 Å². The summed E-state index contributed by atoms with van der Waals surface area (Å²) in [5.41, 5.74) is 0. The van der Waals surface area contributed by atoms with Gasteiger partial charge in [-0.25, -0.2) is 4.79 Å². The Kier molecular flexibility index (Phi) is 2.65. The summed E-state index contributed by atoms with van der Waals surface area (Å²) in [7, 11) is 0. The van der Waals surface area contributed by atoms with E-state index in [1.165, 1.54) is 0 Å². The number of carbonyl (C=O) groups is 1. The summed E-state index contributed by atoms with van der Waals surface area (Å²) >= 11 is 0. The molecule has 0 aromatic carbocycles. The number of hydrogen-bond donors (Lipinski definition) is 0. The minimum absolute atomic E-state index is 0.0122. The van der Waals surface area contributed by atoms with E-state index in [0.29, 0.717) is 19.8 Å². The third-order valence-corrected chi connectivity index (χ3v) is 0.992. The SMILES string of the molecule is CCOC(=O)[C]1OCCO1. The molecule has 0 aromatic heterocycles. The summed E-state index contributed by atoms with van der Waals surface area (Å²) in [6, 6.07) is 0. The van der Waals surface area contributed by atoms with Gasteiger partial charge in [-0.2, -0.15) is 0 Å². The van der Waals surface area contributed by atoms with E-state index in [1.807, 2.05) is 0 Å². The second-order valence-electron chi connectivity index (χ2n) is 1.70. The van der Waals surface area contributed by atoms with E-state index in [1.54, 1.807) is 6.92 Å². The Balaban J connectivity index is 2.25. The van der Waals surface area contributed by atoms with E-state index in [-0.39, 0.29) is 6.29 Å². The van der Waals surface area contributed by atoms with Gasteiger partial charge in [0, 0.05) is 0 Å². The van der Waals surface area contributed by atoms with Gasteiger partial charge >= 0.3 is 12.3 Å². The Morgan fingerprint density at radius 2 is 2.20 bits per heavy atom. The zero-order chi connectivity index (χ0) is 7.40. The third-order valence-electron chi connectivity index (χ3n) is 0.992. The Bertz CT molecular complexity index is 117. The predicted molar refractivity (Wildman–Crippen MR) is 31.8 cm³/mol. The van der Waals surface area contributed by atoms with Crippen molar-refractivity contribution in [2.24, 2.45) is 0 Å². The van der Waals surface area contributed by atoms with Crippen molar-refractivity contribution >= 4 is 5.97 Å². The van der Waals surface area contributed by atoms with E-state index >= 15 is 0 Å². The molecule has 0 amide bonds. The molecular formula is C6H9O4. The molecule has 1 fully saturated rings. The van der Waals surface area contributed by atoms with Crippen LogP contribution in [-0.4, -0.2) is 25.8 Å². The van der Waals surface area contributed by atoms with Crippen LogP contribution in [0.1, 0.15) is 6.92 Å². The fourth-order valence-corrected chi connectivity index (χ4v) is 0.618.